The van der Waals surface area contributed by atoms with Crippen LogP contribution in [0.5, 0.6) is 11.5 Å². The van der Waals surface area contributed by atoms with Gasteiger partial charge in [0.25, 0.3) is 10.3 Å². The molecule has 0 bridgehead atoms. The van der Waals surface area contributed by atoms with Gasteiger partial charge in [-0.1, -0.05) is 0 Å². The first-order chi connectivity index (χ1) is 16.0. The van der Waals surface area contributed by atoms with Gasteiger partial charge in [-0.3, -0.25) is 9.59 Å². The van der Waals surface area contributed by atoms with Crippen LogP contribution in [0.25, 0.3) is 0 Å². The molecule has 0 aliphatic heterocycles. The van der Waals surface area contributed by atoms with Crippen molar-refractivity contribution in [1.82, 2.24) is 0 Å². The molecule has 0 amide bonds. The van der Waals surface area contributed by atoms with Crippen molar-refractivity contribution in [3.05, 3.63) is 119 Å². The number of ketones is 2. The van der Waals surface area contributed by atoms with E-state index in [9.17, 15) is 9.59 Å². The molecule has 0 aliphatic carbocycles. The minimum atomic E-state index is -0.0566. The van der Waals surface area contributed by atoms with Gasteiger partial charge in [0.1, 0.15) is 11.5 Å². The second-order valence-corrected chi connectivity index (χ2v) is 8.07. The third-order valence-corrected chi connectivity index (χ3v) is 5.67. The van der Waals surface area contributed by atoms with Gasteiger partial charge < -0.3 is 21.7 Å². The molecule has 2 aromatic carbocycles. The highest BCUT2D eigenvalue weighted by Crippen LogP contribution is 2.22. The van der Waals surface area contributed by atoms with E-state index in [4.69, 9.17) is 27.9 Å². The minimum Gasteiger partial charge on any atom is -1.00 e. The summed E-state index contributed by atoms with van der Waals surface area (Å²) in [6.07, 6.45) is 3.53. The highest BCUT2D eigenvalue weighted by atomic mass is 79.9. The summed E-state index contributed by atoms with van der Waals surface area (Å²) in [6.45, 7) is 0.309. The minimum absolute atomic E-state index is 0. The van der Waals surface area contributed by atoms with Crippen molar-refractivity contribution in [2.45, 2.75) is 13.1 Å². The molecule has 0 atom stereocenters. The number of pyridine rings is 2. The van der Waals surface area contributed by atoms with E-state index in [-0.39, 0.29) is 41.6 Å². The Morgan fingerprint density at radius 1 is 0.618 bits per heavy atom. The van der Waals surface area contributed by atoms with Crippen molar-refractivity contribution >= 4 is 34.8 Å². The predicted octanol–water partition coefficient (Wildman–Crippen LogP) is 2.13. The average Bonchev–Trinajstić information content (AvgIpc) is 2.83. The maximum absolute atomic E-state index is 12.5. The molecule has 0 aliphatic rings. The fourth-order valence-corrected chi connectivity index (χ4v) is 3.59. The van der Waals surface area contributed by atoms with E-state index in [0.29, 0.717) is 32.9 Å². The molecule has 172 valence electrons. The molecule has 0 N–H and O–H groups in total. The van der Waals surface area contributed by atoms with Crippen molar-refractivity contribution < 1.29 is 40.4 Å². The van der Waals surface area contributed by atoms with Gasteiger partial charge in [-0.2, -0.15) is 9.13 Å². The second-order valence-electron chi connectivity index (χ2n) is 7.30. The summed E-state index contributed by atoms with van der Waals surface area (Å²) < 4.78 is 9.21. The number of rotatable bonds is 8. The van der Waals surface area contributed by atoms with Gasteiger partial charge in [0.15, 0.2) is 12.4 Å². The van der Waals surface area contributed by atoms with Gasteiger partial charge in [-0.05, 0) is 83.9 Å². The lowest BCUT2D eigenvalue weighted by atomic mass is 10.1. The number of aromatic nitrogens is 2. The molecule has 0 spiro atoms. The average molecular weight is 559 g/mol. The third kappa shape index (κ3) is 6.50. The number of benzene rings is 2. The van der Waals surface area contributed by atoms with Gasteiger partial charge in [0, 0.05) is 35.4 Å². The molecule has 8 heteroatoms. The largest absolute Gasteiger partial charge is 1.00 e. The SMILES string of the molecule is O=C(C[n+]1ccccc1Cl)c1ccc(Oc2ccc(C(=O)C[n+]3ccccc3Cl)cc2)cc1.[Br-]. The fraction of sp³-hybridized carbons (Fsp3) is 0.0769. The van der Waals surface area contributed by atoms with E-state index >= 15 is 0 Å². The van der Waals surface area contributed by atoms with Crippen LogP contribution in [0.2, 0.25) is 10.3 Å². The Bertz CT molecular complexity index is 1200. The molecule has 0 fully saturated rings. The van der Waals surface area contributed by atoms with E-state index < -0.39 is 0 Å². The topological polar surface area (TPSA) is 51.1 Å². The number of nitrogens with zero attached hydrogens (tertiary/aromatic N) is 2. The molecule has 0 saturated heterocycles. The zero-order chi connectivity index (χ0) is 23.2. The molecule has 4 aromatic rings. The van der Waals surface area contributed by atoms with Gasteiger partial charge in [0.05, 0.1) is 0 Å². The lowest BCUT2D eigenvalue weighted by Gasteiger charge is -2.07. The number of ether oxygens (including phenoxy) is 1. The Hall–Kier alpha value is -3.06. The highest BCUT2D eigenvalue weighted by molar-refractivity contribution is 6.28. The lowest BCUT2D eigenvalue weighted by molar-refractivity contribution is -0.681. The quantitative estimate of drug-likeness (QED) is 0.189. The Kier molecular flexibility index (Phi) is 8.93. The number of carbonyl (C=O) groups is 2. The highest BCUT2D eigenvalue weighted by Gasteiger charge is 2.16. The van der Waals surface area contributed by atoms with Crippen LogP contribution >= 0.6 is 23.2 Å². The summed E-state index contributed by atoms with van der Waals surface area (Å²) in [6, 6.07) is 24.6. The van der Waals surface area contributed by atoms with Crippen LogP contribution in [0.15, 0.2) is 97.3 Å². The smallest absolute Gasteiger partial charge is 0.275 e. The molecule has 0 unspecified atom stereocenters. The van der Waals surface area contributed by atoms with E-state index in [1.807, 2.05) is 24.3 Å². The number of halogens is 3. The summed E-state index contributed by atoms with van der Waals surface area (Å²) >= 11 is 12.2. The summed E-state index contributed by atoms with van der Waals surface area (Å²) in [4.78, 5) is 25.1. The summed E-state index contributed by atoms with van der Waals surface area (Å²) in [5.74, 6) is 1.06. The van der Waals surface area contributed by atoms with Crippen LogP contribution < -0.4 is 30.9 Å². The first kappa shape index (κ1) is 25.6. The molecule has 34 heavy (non-hydrogen) atoms. The predicted molar refractivity (Wildman–Crippen MR) is 125 cm³/mol. The van der Waals surface area contributed by atoms with Crippen molar-refractivity contribution in [1.29, 1.82) is 0 Å². The first-order valence-electron chi connectivity index (χ1n) is 10.2. The van der Waals surface area contributed by atoms with Crippen LogP contribution in [-0.4, -0.2) is 11.6 Å². The zero-order valence-corrected chi connectivity index (χ0v) is 21.0. The molecule has 4 rings (SSSR count). The fourth-order valence-electron chi connectivity index (χ4n) is 3.21. The summed E-state index contributed by atoms with van der Waals surface area (Å²) in [5.41, 5.74) is 1.13. The van der Waals surface area contributed by atoms with E-state index in [1.54, 1.807) is 82.2 Å². The Morgan fingerprint density at radius 3 is 1.35 bits per heavy atom. The molecule has 0 saturated carbocycles. The second kappa shape index (κ2) is 11.9. The first-order valence-corrected chi connectivity index (χ1v) is 11.0. The summed E-state index contributed by atoms with van der Waals surface area (Å²) in [5, 5.41) is 0.997. The van der Waals surface area contributed by atoms with Gasteiger partial charge in [0.2, 0.25) is 24.7 Å². The van der Waals surface area contributed by atoms with Crippen LogP contribution in [0, 0.1) is 0 Å². The maximum atomic E-state index is 12.5. The van der Waals surface area contributed by atoms with Crippen LogP contribution in [0.4, 0.5) is 0 Å². The van der Waals surface area contributed by atoms with E-state index in [1.165, 1.54) is 0 Å². The van der Waals surface area contributed by atoms with E-state index in [0.717, 1.165) is 0 Å². The summed E-state index contributed by atoms with van der Waals surface area (Å²) in [7, 11) is 0. The Balaban J connectivity index is 0.00000324. The van der Waals surface area contributed by atoms with Crippen LogP contribution in [0.1, 0.15) is 20.7 Å². The normalized spacial score (nSPS) is 10.3. The molecule has 2 aromatic heterocycles. The zero-order valence-electron chi connectivity index (χ0n) is 17.9. The standard InChI is InChI=1S/C26H20Cl2N2O3.BrH/c27-25-5-1-3-15-29(25)17-23(31)19-7-11-21(12-8-19)33-22-13-9-20(10-14-22)24(32)18-30-16-4-2-6-26(30)28;/h1-16H,17-18H2;1H/q+2;/p-1. The number of hydrogen-bond donors (Lipinski definition) is 0. The van der Waals surface area contributed by atoms with Crippen LogP contribution in [-0.2, 0) is 13.1 Å². The number of carbonyl (C=O) groups excluding carboxylic acids is 2. The monoisotopic (exact) mass is 557 g/mol. The van der Waals surface area contributed by atoms with E-state index in [2.05, 4.69) is 0 Å². The van der Waals surface area contributed by atoms with Gasteiger partial charge in [-0.15, -0.1) is 0 Å². The maximum Gasteiger partial charge on any atom is 0.275 e. The van der Waals surface area contributed by atoms with Crippen LogP contribution in [0.3, 0.4) is 0 Å². The molecular formula is C26H20BrCl2N2O3+. The van der Waals surface area contributed by atoms with Gasteiger partial charge in [-0.25, -0.2) is 0 Å². The van der Waals surface area contributed by atoms with Gasteiger partial charge >= 0.3 is 0 Å². The Labute approximate surface area is 217 Å². The molecule has 5 nitrogen and oxygen atoms in total. The van der Waals surface area contributed by atoms with Crippen molar-refractivity contribution in [3.8, 4) is 11.5 Å². The van der Waals surface area contributed by atoms with Crippen molar-refractivity contribution in [3.63, 3.8) is 0 Å². The number of hydrogen-bond acceptors (Lipinski definition) is 3. The molecule has 0 radical (unpaired) electrons. The van der Waals surface area contributed by atoms with Crippen molar-refractivity contribution in [2.24, 2.45) is 0 Å². The number of Topliss-reactive ketones (excluding diaryl/α,β-unsaturated/α-hetero) is 2. The Morgan fingerprint density at radius 2 is 1.00 bits per heavy atom. The van der Waals surface area contributed by atoms with Crippen molar-refractivity contribution in [2.75, 3.05) is 0 Å². The molecular weight excluding hydrogens is 539 g/mol. The third-order valence-electron chi connectivity index (χ3n) is 4.99. The molecule has 2 heterocycles. The lowest BCUT2D eigenvalue weighted by Crippen LogP contribution is -3.00.